The van der Waals surface area contributed by atoms with Gasteiger partial charge in [-0.15, -0.1) is 0 Å². The number of nitrogens with zero attached hydrogens (tertiary/aromatic N) is 2. The predicted molar refractivity (Wildman–Crippen MR) is 56.8 cm³/mol. The summed E-state index contributed by atoms with van der Waals surface area (Å²) in [6.07, 6.45) is 2.70. The number of hydrogen-bond acceptors (Lipinski definition) is 5. The third-order valence-electron chi connectivity index (χ3n) is 2.00. The van der Waals surface area contributed by atoms with E-state index < -0.39 is 5.69 Å². The number of hydrogen-bond donors (Lipinski definition) is 3. The monoisotopic (exact) mass is 212 g/mol. The highest BCUT2D eigenvalue weighted by atomic mass is 16.2. The normalized spacial score (nSPS) is 10.3. The zero-order valence-corrected chi connectivity index (χ0v) is 8.79. The van der Waals surface area contributed by atoms with Crippen molar-refractivity contribution in [3.05, 3.63) is 16.2 Å². The molecule has 0 unspecified atom stereocenters. The maximum atomic E-state index is 10.9. The Bertz CT molecular complexity index is 350. The fraction of sp³-hybridized carbons (Fsp3) is 0.667. The smallest absolute Gasteiger partial charge is 0.363 e. The lowest BCUT2D eigenvalue weighted by atomic mass is 10.2. The highest BCUT2D eigenvalue weighted by Crippen LogP contribution is 2.03. The first kappa shape index (κ1) is 11.6. The van der Waals surface area contributed by atoms with Gasteiger partial charge in [0.05, 0.1) is 0 Å². The van der Waals surface area contributed by atoms with Crippen molar-refractivity contribution in [1.82, 2.24) is 15.2 Å². The molecule has 1 aromatic rings. The number of anilines is 1. The molecule has 0 spiro atoms. The third kappa shape index (κ3) is 4.07. The van der Waals surface area contributed by atoms with Crippen LogP contribution in [0.5, 0.6) is 0 Å². The second-order valence-corrected chi connectivity index (χ2v) is 3.29. The largest absolute Gasteiger partial charge is 0.396 e. The molecule has 6 heteroatoms. The maximum Gasteiger partial charge on any atom is 0.363 e. The van der Waals surface area contributed by atoms with Gasteiger partial charge in [-0.3, -0.25) is 0 Å². The molecule has 0 aliphatic heterocycles. The molecule has 0 saturated heterocycles. The zero-order chi connectivity index (χ0) is 11.1. The molecule has 1 rings (SSSR count). The molecule has 6 nitrogen and oxygen atoms in total. The lowest BCUT2D eigenvalue weighted by Gasteiger charge is -2.05. The molecular weight excluding hydrogens is 196 g/mol. The molecule has 0 aliphatic rings. The van der Waals surface area contributed by atoms with E-state index in [9.17, 15) is 4.79 Å². The standard InChI is InChI=1S/C9H16N4O2/c1-7-8(11-9(15)13-12-7)10-5-3-2-4-6-14/h14H,2-6H2,1H3,(H2,10,11,13,15). The Hall–Kier alpha value is -1.43. The first-order valence-electron chi connectivity index (χ1n) is 5.02. The summed E-state index contributed by atoms with van der Waals surface area (Å²) >= 11 is 0. The zero-order valence-electron chi connectivity index (χ0n) is 8.79. The minimum Gasteiger partial charge on any atom is -0.396 e. The van der Waals surface area contributed by atoms with Gasteiger partial charge in [0.15, 0.2) is 5.82 Å². The molecule has 1 heterocycles. The minimum atomic E-state index is -0.446. The molecule has 3 N–H and O–H groups in total. The number of aliphatic hydroxyl groups excluding tert-OH is 1. The Morgan fingerprint density at radius 2 is 2.20 bits per heavy atom. The predicted octanol–water partition coefficient (Wildman–Crippen LogP) is 0.0478. The first-order valence-corrected chi connectivity index (χ1v) is 5.02. The van der Waals surface area contributed by atoms with Crippen LogP contribution >= 0.6 is 0 Å². The Kier molecular flexibility index (Phi) is 4.76. The summed E-state index contributed by atoms with van der Waals surface area (Å²) in [5.41, 5.74) is 0.232. The highest BCUT2D eigenvalue weighted by molar-refractivity contribution is 5.37. The summed E-state index contributed by atoms with van der Waals surface area (Å²) in [7, 11) is 0. The van der Waals surface area contributed by atoms with Gasteiger partial charge in [-0.25, -0.2) is 9.89 Å². The number of aromatic amines is 1. The maximum absolute atomic E-state index is 10.9. The van der Waals surface area contributed by atoms with Gasteiger partial charge in [0, 0.05) is 13.2 Å². The SMILES string of the molecule is Cc1n[nH]c(=O)nc1NCCCCCO. The van der Waals surface area contributed by atoms with Crippen LogP contribution < -0.4 is 11.0 Å². The van der Waals surface area contributed by atoms with Crippen LogP contribution in [0.3, 0.4) is 0 Å². The van der Waals surface area contributed by atoms with Crippen LogP contribution in [-0.4, -0.2) is 33.4 Å². The lowest BCUT2D eigenvalue weighted by molar-refractivity contribution is 0.283. The second kappa shape index (κ2) is 6.13. The quantitative estimate of drug-likeness (QED) is 0.579. The number of aliphatic hydroxyl groups is 1. The van der Waals surface area contributed by atoms with Crippen molar-refractivity contribution in [2.75, 3.05) is 18.5 Å². The van der Waals surface area contributed by atoms with Crippen LogP contribution in [0.4, 0.5) is 5.82 Å². The molecule has 0 aliphatic carbocycles. The average Bonchev–Trinajstić information content (AvgIpc) is 2.23. The summed E-state index contributed by atoms with van der Waals surface area (Å²) in [5.74, 6) is 0.530. The van der Waals surface area contributed by atoms with E-state index in [2.05, 4.69) is 20.5 Å². The lowest BCUT2D eigenvalue weighted by Crippen LogP contribution is -2.17. The van der Waals surface area contributed by atoms with Gasteiger partial charge in [-0.1, -0.05) is 0 Å². The van der Waals surface area contributed by atoms with E-state index in [0.29, 0.717) is 11.5 Å². The van der Waals surface area contributed by atoms with Crippen LogP contribution in [-0.2, 0) is 0 Å². The van der Waals surface area contributed by atoms with Crippen LogP contribution in [0.2, 0.25) is 0 Å². The van der Waals surface area contributed by atoms with Crippen molar-refractivity contribution in [3.63, 3.8) is 0 Å². The molecule has 0 fully saturated rings. The van der Waals surface area contributed by atoms with Crippen molar-refractivity contribution < 1.29 is 5.11 Å². The summed E-state index contributed by atoms with van der Waals surface area (Å²) in [6.45, 7) is 2.74. The summed E-state index contributed by atoms with van der Waals surface area (Å²) in [6, 6.07) is 0. The number of unbranched alkanes of at least 4 members (excludes halogenated alkanes) is 2. The average molecular weight is 212 g/mol. The van der Waals surface area contributed by atoms with Gasteiger partial charge < -0.3 is 10.4 Å². The topological polar surface area (TPSA) is 90.9 Å². The molecule has 0 amide bonds. The van der Waals surface area contributed by atoms with Gasteiger partial charge in [0.25, 0.3) is 0 Å². The van der Waals surface area contributed by atoms with E-state index in [0.717, 1.165) is 25.8 Å². The highest BCUT2D eigenvalue weighted by Gasteiger charge is 2.00. The van der Waals surface area contributed by atoms with Gasteiger partial charge in [-0.05, 0) is 26.2 Å². The third-order valence-corrected chi connectivity index (χ3v) is 2.00. The Morgan fingerprint density at radius 1 is 1.40 bits per heavy atom. The molecular formula is C9H16N4O2. The molecule has 0 bridgehead atoms. The van der Waals surface area contributed by atoms with Crippen LogP contribution in [0.1, 0.15) is 25.0 Å². The van der Waals surface area contributed by atoms with Gasteiger partial charge >= 0.3 is 5.69 Å². The van der Waals surface area contributed by atoms with E-state index >= 15 is 0 Å². The summed E-state index contributed by atoms with van der Waals surface area (Å²) in [5, 5.41) is 17.7. The molecule has 1 aromatic heterocycles. The van der Waals surface area contributed by atoms with Crippen LogP contribution in [0.25, 0.3) is 0 Å². The second-order valence-electron chi connectivity index (χ2n) is 3.29. The van der Waals surface area contributed by atoms with E-state index in [1.807, 2.05) is 0 Å². The van der Waals surface area contributed by atoms with Gasteiger partial charge in [0.2, 0.25) is 0 Å². The number of nitrogens with one attached hydrogen (secondary N) is 2. The van der Waals surface area contributed by atoms with Crippen molar-refractivity contribution in [1.29, 1.82) is 0 Å². The number of aromatic nitrogens is 3. The van der Waals surface area contributed by atoms with Gasteiger partial charge in [-0.2, -0.15) is 10.1 Å². The van der Waals surface area contributed by atoms with E-state index in [1.54, 1.807) is 6.92 Å². The van der Waals surface area contributed by atoms with Crippen molar-refractivity contribution >= 4 is 5.82 Å². The van der Waals surface area contributed by atoms with Crippen molar-refractivity contribution in [2.45, 2.75) is 26.2 Å². The summed E-state index contributed by atoms with van der Waals surface area (Å²) in [4.78, 5) is 14.6. The number of rotatable bonds is 6. The van der Waals surface area contributed by atoms with E-state index in [1.165, 1.54) is 0 Å². The molecule has 84 valence electrons. The molecule has 0 atom stereocenters. The molecule has 0 radical (unpaired) electrons. The molecule has 0 aromatic carbocycles. The fourth-order valence-electron chi connectivity index (χ4n) is 1.18. The Balaban J connectivity index is 2.37. The van der Waals surface area contributed by atoms with Gasteiger partial charge in [0.1, 0.15) is 5.69 Å². The van der Waals surface area contributed by atoms with Crippen molar-refractivity contribution in [2.24, 2.45) is 0 Å². The Morgan fingerprint density at radius 3 is 2.93 bits per heavy atom. The number of H-pyrrole nitrogens is 1. The number of aryl methyl sites for hydroxylation is 1. The van der Waals surface area contributed by atoms with Crippen LogP contribution in [0, 0.1) is 6.92 Å². The van der Waals surface area contributed by atoms with Crippen molar-refractivity contribution in [3.8, 4) is 0 Å². The minimum absolute atomic E-state index is 0.226. The first-order chi connectivity index (χ1) is 7.24. The molecule has 0 saturated carbocycles. The Labute approximate surface area is 87.8 Å². The van der Waals surface area contributed by atoms with Crippen LogP contribution in [0.15, 0.2) is 4.79 Å². The van der Waals surface area contributed by atoms with E-state index in [4.69, 9.17) is 5.11 Å². The molecule has 15 heavy (non-hydrogen) atoms. The fourth-order valence-corrected chi connectivity index (χ4v) is 1.18. The van der Waals surface area contributed by atoms with E-state index in [-0.39, 0.29) is 6.61 Å². The summed E-state index contributed by atoms with van der Waals surface area (Å²) < 4.78 is 0.